The number of nitrogens with one attached hydrogen (secondary N) is 1. The molecule has 37 heavy (non-hydrogen) atoms. The molecular weight excluding hydrogens is 484 g/mol. The smallest absolute Gasteiger partial charge is 0.326 e. The average molecular weight is 513 g/mol. The van der Waals surface area contributed by atoms with Crippen LogP contribution in [0.5, 0.6) is 5.75 Å². The molecule has 0 fully saturated rings. The van der Waals surface area contributed by atoms with Gasteiger partial charge in [-0.1, -0.05) is 60.3 Å². The predicted molar refractivity (Wildman–Crippen MR) is 148 cm³/mol. The van der Waals surface area contributed by atoms with Crippen LogP contribution in [-0.4, -0.2) is 24.2 Å². The van der Waals surface area contributed by atoms with E-state index in [2.05, 4.69) is 5.32 Å². The van der Waals surface area contributed by atoms with E-state index in [4.69, 9.17) is 9.84 Å². The third-order valence-electron chi connectivity index (χ3n) is 5.84. The van der Waals surface area contributed by atoms with Crippen molar-refractivity contribution >= 4 is 35.1 Å². The second kappa shape index (κ2) is 12.1. The van der Waals surface area contributed by atoms with Gasteiger partial charge in [-0.15, -0.1) is 0 Å². The Morgan fingerprint density at radius 2 is 1.59 bits per heavy atom. The van der Waals surface area contributed by atoms with Crippen LogP contribution in [-0.2, 0) is 11.2 Å². The van der Waals surface area contributed by atoms with Crippen LogP contribution in [0.4, 0.5) is 16.2 Å². The van der Waals surface area contributed by atoms with Gasteiger partial charge in [0.2, 0.25) is 0 Å². The van der Waals surface area contributed by atoms with E-state index >= 15 is 0 Å². The van der Waals surface area contributed by atoms with Crippen LogP contribution in [0, 0.1) is 0 Å². The number of rotatable bonds is 9. The fraction of sp³-hybridized carbons (Fsp3) is 0.133. The molecule has 2 N–H and O–H groups in total. The van der Waals surface area contributed by atoms with Gasteiger partial charge < -0.3 is 15.2 Å². The molecule has 0 aliphatic heterocycles. The van der Waals surface area contributed by atoms with Crippen molar-refractivity contribution in [2.75, 3.05) is 17.3 Å². The lowest BCUT2D eigenvalue weighted by Gasteiger charge is -2.30. The van der Waals surface area contributed by atoms with E-state index in [9.17, 15) is 9.59 Å². The molecule has 1 atom stereocenters. The summed E-state index contributed by atoms with van der Waals surface area (Å²) in [4.78, 5) is 28.2. The number of nitrogens with zero attached hydrogens (tertiary/aromatic N) is 1. The maximum atomic E-state index is 13.6. The summed E-state index contributed by atoms with van der Waals surface area (Å²) in [7, 11) is 1.61. The van der Waals surface area contributed by atoms with Gasteiger partial charge in [-0.3, -0.25) is 9.69 Å². The highest BCUT2D eigenvalue weighted by atomic mass is 32.2. The summed E-state index contributed by atoms with van der Waals surface area (Å²) in [6.07, 6.45) is -0.00143. The normalized spacial score (nSPS) is 11.4. The molecule has 1 unspecified atom stereocenters. The van der Waals surface area contributed by atoms with Gasteiger partial charge in [-0.2, -0.15) is 0 Å². The average Bonchev–Trinajstić information content (AvgIpc) is 2.91. The number of hydrogen-bond acceptors (Lipinski definition) is 4. The van der Waals surface area contributed by atoms with Crippen LogP contribution in [0.25, 0.3) is 0 Å². The van der Waals surface area contributed by atoms with Crippen molar-refractivity contribution in [1.29, 1.82) is 0 Å². The fourth-order valence-electron chi connectivity index (χ4n) is 3.95. The molecule has 2 amide bonds. The Balaban J connectivity index is 1.53. The Morgan fingerprint density at radius 1 is 0.892 bits per heavy atom. The Kier molecular flexibility index (Phi) is 8.48. The molecule has 0 saturated carbocycles. The number of carbonyl (C=O) groups is 2. The molecule has 188 valence electrons. The minimum atomic E-state index is -0.853. The summed E-state index contributed by atoms with van der Waals surface area (Å²) in [5, 5.41) is 12.0. The molecule has 4 aromatic rings. The zero-order valence-corrected chi connectivity index (χ0v) is 21.4. The van der Waals surface area contributed by atoms with Gasteiger partial charge in [0.05, 0.1) is 19.6 Å². The van der Waals surface area contributed by atoms with Gasteiger partial charge in [0.25, 0.3) is 0 Å². The molecule has 6 nitrogen and oxygen atoms in total. The number of hydrogen-bond donors (Lipinski definition) is 2. The van der Waals surface area contributed by atoms with Gasteiger partial charge in [0.1, 0.15) is 5.75 Å². The minimum Gasteiger partial charge on any atom is -0.497 e. The number of amides is 2. The zero-order valence-electron chi connectivity index (χ0n) is 20.6. The van der Waals surface area contributed by atoms with Crippen LogP contribution < -0.4 is 15.0 Å². The molecule has 0 aromatic heterocycles. The molecule has 0 saturated heterocycles. The maximum absolute atomic E-state index is 13.6. The number of ether oxygens (including phenoxy) is 1. The summed E-state index contributed by atoms with van der Waals surface area (Å²) >= 11 is 1.54. The summed E-state index contributed by atoms with van der Waals surface area (Å²) in [6.45, 7) is 2.00. The first-order valence-corrected chi connectivity index (χ1v) is 12.6. The second-order valence-corrected chi connectivity index (χ2v) is 9.58. The number of methoxy groups -OCH3 is 1. The largest absolute Gasteiger partial charge is 0.497 e. The van der Waals surface area contributed by atoms with Crippen molar-refractivity contribution in [2.45, 2.75) is 29.2 Å². The zero-order chi connectivity index (χ0) is 26.2. The maximum Gasteiger partial charge on any atom is 0.326 e. The fourth-order valence-corrected chi connectivity index (χ4v) is 4.82. The molecule has 0 aliphatic carbocycles. The van der Waals surface area contributed by atoms with Crippen molar-refractivity contribution in [1.82, 2.24) is 0 Å². The number of anilines is 2. The molecule has 0 bridgehead atoms. The van der Waals surface area contributed by atoms with Crippen LogP contribution in [0.15, 0.2) is 113 Å². The van der Waals surface area contributed by atoms with Gasteiger partial charge in [0, 0.05) is 21.2 Å². The van der Waals surface area contributed by atoms with Crippen LogP contribution in [0.2, 0.25) is 0 Å². The lowest BCUT2D eigenvalue weighted by atomic mass is 10.1. The van der Waals surface area contributed by atoms with Gasteiger partial charge in [-0.05, 0) is 72.6 Å². The van der Waals surface area contributed by atoms with Crippen molar-refractivity contribution in [3.05, 3.63) is 114 Å². The van der Waals surface area contributed by atoms with Gasteiger partial charge >= 0.3 is 12.0 Å². The third kappa shape index (κ3) is 6.92. The number of benzene rings is 4. The van der Waals surface area contributed by atoms with Gasteiger partial charge in [0.15, 0.2) is 0 Å². The van der Waals surface area contributed by atoms with Crippen LogP contribution in [0.3, 0.4) is 0 Å². The lowest BCUT2D eigenvalue weighted by Crippen LogP contribution is -2.37. The van der Waals surface area contributed by atoms with Crippen molar-refractivity contribution < 1.29 is 19.4 Å². The number of carboxylic acids is 1. The first-order valence-electron chi connectivity index (χ1n) is 11.8. The van der Waals surface area contributed by atoms with E-state index in [1.165, 1.54) is 0 Å². The standard InChI is InChI=1S/C30H28N2O4S/c1-21(23-7-4-3-5-8-23)32(25-13-15-26(36-2)16-14-25)30(35)31-24-9-6-10-28(20-24)37-27-17-11-22(12-18-27)19-29(33)34/h3-18,20-21H,19H2,1-2H3,(H,31,35)(H,33,34). The van der Waals surface area contributed by atoms with E-state index < -0.39 is 5.97 Å². The molecule has 0 aliphatic rings. The molecule has 7 heteroatoms. The first kappa shape index (κ1) is 25.9. The molecule has 4 rings (SSSR count). The summed E-state index contributed by atoms with van der Waals surface area (Å²) in [5.74, 6) is -0.133. The highest BCUT2D eigenvalue weighted by Gasteiger charge is 2.24. The Hall–Kier alpha value is -4.23. The van der Waals surface area contributed by atoms with E-state index in [1.807, 2.05) is 110 Å². The third-order valence-corrected chi connectivity index (χ3v) is 6.84. The van der Waals surface area contributed by atoms with Crippen molar-refractivity contribution in [2.24, 2.45) is 0 Å². The summed E-state index contributed by atoms with van der Waals surface area (Å²) < 4.78 is 5.29. The highest BCUT2D eigenvalue weighted by Crippen LogP contribution is 2.32. The lowest BCUT2D eigenvalue weighted by molar-refractivity contribution is -0.136. The van der Waals surface area contributed by atoms with E-state index in [1.54, 1.807) is 23.8 Å². The quantitative estimate of drug-likeness (QED) is 0.246. The minimum absolute atomic E-state index is 0.00143. The highest BCUT2D eigenvalue weighted by molar-refractivity contribution is 7.99. The summed E-state index contributed by atoms with van der Waals surface area (Å²) in [6, 6.07) is 32.0. The SMILES string of the molecule is COc1ccc(N(C(=O)Nc2cccc(Sc3ccc(CC(=O)O)cc3)c2)C(C)c2ccccc2)cc1. The number of urea groups is 1. The molecular formula is C30H28N2O4S. The Labute approximate surface area is 220 Å². The molecule has 0 radical (unpaired) electrons. The van der Waals surface area contributed by atoms with Crippen LogP contribution >= 0.6 is 11.8 Å². The summed E-state index contributed by atoms with van der Waals surface area (Å²) in [5.41, 5.74) is 3.20. The topological polar surface area (TPSA) is 78.9 Å². The van der Waals surface area contributed by atoms with Crippen molar-refractivity contribution in [3.63, 3.8) is 0 Å². The Morgan fingerprint density at radius 3 is 2.24 bits per heavy atom. The van der Waals surface area contributed by atoms with Gasteiger partial charge in [-0.25, -0.2) is 4.79 Å². The van der Waals surface area contributed by atoms with E-state index in [0.717, 1.165) is 32.4 Å². The van der Waals surface area contributed by atoms with Crippen molar-refractivity contribution in [3.8, 4) is 5.75 Å². The molecule has 0 heterocycles. The van der Waals surface area contributed by atoms with Crippen LogP contribution in [0.1, 0.15) is 24.1 Å². The van der Waals surface area contributed by atoms with E-state index in [0.29, 0.717) is 5.69 Å². The first-order chi connectivity index (χ1) is 17.9. The predicted octanol–water partition coefficient (Wildman–Crippen LogP) is 7.27. The Bertz CT molecular complexity index is 1340. The molecule has 4 aromatic carbocycles. The number of carboxylic acid groups (broad SMARTS) is 1. The van der Waals surface area contributed by atoms with E-state index in [-0.39, 0.29) is 18.5 Å². The number of aliphatic carboxylic acids is 1. The number of carbonyl (C=O) groups excluding carboxylic acids is 1. The molecule has 0 spiro atoms. The monoisotopic (exact) mass is 512 g/mol. The second-order valence-electron chi connectivity index (χ2n) is 8.43.